The van der Waals surface area contributed by atoms with Gasteiger partial charge in [-0.25, -0.2) is 8.78 Å². The zero-order valence-corrected chi connectivity index (χ0v) is 8.29. The third-order valence-electron chi connectivity index (χ3n) is 1.72. The van der Waals surface area contributed by atoms with Gasteiger partial charge in [-0.3, -0.25) is 0 Å². The maximum absolute atomic E-state index is 12.4. The van der Waals surface area contributed by atoms with Gasteiger partial charge in [-0.15, -0.1) is 0 Å². The third kappa shape index (κ3) is 3.74. The molecule has 0 spiro atoms. The largest absolute Gasteiger partial charge is 0.542 e. The van der Waals surface area contributed by atoms with Crippen LogP contribution in [0.5, 0.6) is 0 Å². The van der Waals surface area contributed by atoms with Crippen molar-refractivity contribution in [1.82, 2.24) is 0 Å². The first-order valence-corrected chi connectivity index (χ1v) is 4.36. The van der Waals surface area contributed by atoms with Gasteiger partial charge < -0.3 is 19.1 Å². The van der Waals surface area contributed by atoms with Crippen LogP contribution in [-0.4, -0.2) is 24.9 Å². The highest BCUT2D eigenvalue weighted by atomic mass is 19.3. The van der Waals surface area contributed by atoms with E-state index in [4.69, 9.17) is 0 Å². The van der Waals surface area contributed by atoms with Crippen LogP contribution in [-0.2, 0) is 11.3 Å². The molecule has 0 radical (unpaired) electrons. The second kappa shape index (κ2) is 5.17. The summed E-state index contributed by atoms with van der Waals surface area (Å²) in [6.07, 6.45) is -3.82. The van der Waals surface area contributed by atoms with Crippen molar-refractivity contribution in [3.63, 3.8) is 0 Å². The Kier molecular flexibility index (Phi) is 4.11. The first-order chi connectivity index (χ1) is 7.83. The number of alkyl halides is 4. The van der Waals surface area contributed by atoms with Crippen LogP contribution >= 0.6 is 0 Å². The summed E-state index contributed by atoms with van der Waals surface area (Å²) in [6.45, 7) is -2.01. The summed E-state index contributed by atoms with van der Waals surface area (Å²) in [6, 6.07) is 2.20. The number of carbonyl (C=O) groups excluding carboxylic acids is 1. The standard InChI is InChI=1S/C9H8F4O4/c10-8(11)9(12,13)4-16-3-5-1-2-6(17-5)7(14)15/h1-2,8H,3-4H2,(H,14,15)/p-1. The summed E-state index contributed by atoms with van der Waals surface area (Å²) in [7, 11) is 0. The second-order valence-electron chi connectivity index (χ2n) is 3.11. The van der Waals surface area contributed by atoms with Gasteiger partial charge in [-0.05, 0) is 12.1 Å². The molecule has 0 aromatic carbocycles. The molecular formula is C9H7F4O4-. The van der Waals surface area contributed by atoms with Crippen molar-refractivity contribution in [2.75, 3.05) is 6.61 Å². The SMILES string of the molecule is O=C([O-])c1ccc(COCC(F)(F)C(F)F)o1. The van der Waals surface area contributed by atoms with E-state index in [1.54, 1.807) is 0 Å². The lowest BCUT2D eigenvalue weighted by Crippen LogP contribution is -2.32. The van der Waals surface area contributed by atoms with Crippen LogP contribution < -0.4 is 5.11 Å². The Labute approximate surface area is 92.8 Å². The number of hydrogen-bond acceptors (Lipinski definition) is 4. The molecule has 96 valence electrons. The van der Waals surface area contributed by atoms with Crippen molar-refractivity contribution in [1.29, 1.82) is 0 Å². The van der Waals surface area contributed by atoms with E-state index in [1.165, 1.54) is 0 Å². The topological polar surface area (TPSA) is 62.5 Å². The first-order valence-electron chi connectivity index (χ1n) is 4.36. The molecule has 1 heterocycles. The summed E-state index contributed by atoms with van der Waals surface area (Å²) in [5, 5.41) is 10.3. The van der Waals surface area contributed by atoms with Crippen LogP contribution in [0.3, 0.4) is 0 Å². The molecule has 0 bridgehead atoms. The molecule has 0 N–H and O–H groups in total. The van der Waals surface area contributed by atoms with Gasteiger partial charge in [-0.1, -0.05) is 0 Å². The van der Waals surface area contributed by atoms with E-state index in [2.05, 4.69) is 9.15 Å². The van der Waals surface area contributed by atoms with Crippen molar-refractivity contribution >= 4 is 5.97 Å². The van der Waals surface area contributed by atoms with Gasteiger partial charge in [0.25, 0.3) is 0 Å². The fraction of sp³-hybridized carbons (Fsp3) is 0.444. The zero-order valence-electron chi connectivity index (χ0n) is 8.29. The predicted octanol–water partition coefficient (Wildman–Crippen LogP) is 1.06. The van der Waals surface area contributed by atoms with E-state index in [0.29, 0.717) is 0 Å². The molecule has 4 nitrogen and oxygen atoms in total. The number of halogens is 4. The molecule has 1 rings (SSSR count). The van der Waals surface area contributed by atoms with Crippen molar-refractivity contribution in [2.45, 2.75) is 19.0 Å². The number of carboxylic acid groups (broad SMARTS) is 1. The van der Waals surface area contributed by atoms with Gasteiger partial charge in [0.1, 0.15) is 30.7 Å². The Hall–Kier alpha value is -1.57. The summed E-state index contributed by atoms with van der Waals surface area (Å²) >= 11 is 0. The number of furan rings is 1. The lowest BCUT2D eigenvalue weighted by Gasteiger charge is -2.14. The molecule has 0 aliphatic carbocycles. The molecule has 0 aliphatic rings. The molecule has 0 amide bonds. The Bertz CT molecular complexity index is 388. The molecule has 17 heavy (non-hydrogen) atoms. The van der Waals surface area contributed by atoms with Crippen LogP contribution in [0.4, 0.5) is 17.6 Å². The van der Waals surface area contributed by atoms with Crippen LogP contribution in [0.15, 0.2) is 16.5 Å². The van der Waals surface area contributed by atoms with Gasteiger partial charge in [0.15, 0.2) is 0 Å². The monoisotopic (exact) mass is 255 g/mol. The maximum atomic E-state index is 12.4. The van der Waals surface area contributed by atoms with Crippen LogP contribution in [0.25, 0.3) is 0 Å². The first kappa shape index (κ1) is 13.5. The average Bonchev–Trinajstić information content (AvgIpc) is 2.66. The van der Waals surface area contributed by atoms with Gasteiger partial charge in [0.2, 0.25) is 0 Å². The molecule has 0 saturated heterocycles. The molecule has 0 atom stereocenters. The Morgan fingerprint density at radius 3 is 2.59 bits per heavy atom. The number of hydrogen-bond donors (Lipinski definition) is 0. The van der Waals surface area contributed by atoms with E-state index in [-0.39, 0.29) is 5.76 Å². The highest BCUT2D eigenvalue weighted by Crippen LogP contribution is 2.23. The minimum atomic E-state index is -4.25. The van der Waals surface area contributed by atoms with Crippen molar-refractivity contribution in [3.8, 4) is 0 Å². The molecule has 8 heteroatoms. The minimum absolute atomic E-state index is 0.0748. The van der Waals surface area contributed by atoms with Crippen LogP contribution in [0.2, 0.25) is 0 Å². The highest BCUT2D eigenvalue weighted by molar-refractivity contribution is 5.82. The predicted molar refractivity (Wildman–Crippen MR) is 43.6 cm³/mol. The van der Waals surface area contributed by atoms with E-state index >= 15 is 0 Å². The number of rotatable bonds is 6. The number of carbonyl (C=O) groups is 1. The summed E-state index contributed by atoms with van der Waals surface area (Å²) < 4.78 is 57.1. The lowest BCUT2D eigenvalue weighted by molar-refractivity contribution is -0.257. The van der Waals surface area contributed by atoms with Crippen molar-refractivity contribution in [2.24, 2.45) is 0 Å². The van der Waals surface area contributed by atoms with Crippen LogP contribution in [0, 0.1) is 0 Å². The molecule has 0 unspecified atom stereocenters. The Balaban J connectivity index is 2.43. The molecule has 0 fully saturated rings. The second-order valence-corrected chi connectivity index (χ2v) is 3.11. The van der Waals surface area contributed by atoms with Gasteiger partial charge in [-0.2, -0.15) is 8.78 Å². The fourth-order valence-electron chi connectivity index (χ4n) is 0.916. The molecule has 1 aromatic rings. The van der Waals surface area contributed by atoms with Gasteiger partial charge in [0, 0.05) is 0 Å². The van der Waals surface area contributed by atoms with Crippen LogP contribution in [0.1, 0.15) is 16.3 Å². The maximum Gasteiger partial charge on any atom is 0.330 e. The summed E-state index contributed by atoms with van der Waals surface area (Å²) in [4.78, 5) is 10.3. The third-order valence-corrected chi connectivity index (χ3v) is 1.72. The van der Waals surface area contributed by atoms with Gasteiger partial charge >= 0.3 is 12.3 Å². The lowest BCUT2D eigenvalue weighted by atomic mass is 10.4. The van der Waals surface area contributed by atoms with E-state index in [1.807, 2.05) is 0 Å². The summed E-state index contributed by atoms with van der Waals surface area (Å²) in [5.41, 5.74) is 0. The highest BCUT2D eigenvalue weighted by Gasteiger charge is 2.40. The number of aromatic carboxylic acids is 1. The molecule has 0 saturated carbocycles. The Morgan fingerprint density at radius 2 is 2.12 bits per heavy atom. The number of carboxylic acids is 1. The quantitative estimate of drug-likeness (QED) is 0.713. The number of ether oxygens (including phenoxy) is 1. The molecule has 0 aliphatic heterocycles. The average molecular weight is 255 g/mol. The van der Waals surface area contributed by atoms with Crippen molar-refractivity contribution in [3.05, 3.63) is 23.7 Å². The van der Waals surface area contributed by atoms with Crippen molar-refractivity contribution < 1.29 is 36.6 Å². The fourth-order valence-corrected chi connectivity index (χ4v) is 0.916. The van der Waals surface area contributed by atoms with E-state index < -0.39 is 37.3 Å². The molecule has 1 aromatic heterocycles. The summed E-state index contributed by atoms with van der Waals surface area (Å²) in [5.74, 6) is -6.39. The Morgan fingerprint density at radius 1 is 1.47 bits per heavy atom. The smallest absolute Gasteiger partial charge is 0.330 e. The van der Waals surface area contributed by atoms with Gasteiger partial charge in [0.05, 0.1) is 0 Å². The molecular weight excluding hydrogens is 248 g/mol. The van der Waals surface area contributed by atoms with E-state index in [0.717, 1.165) is 12.1 Å². The zero-order chi connectivity index (χ0) is 13.1. The van der Waals surface area contributed by atoms with E-state index in [9.17, 15) is 27.5 Å². The minimum Gasteiger partial charge on any atom is -0.542 e. The normalized spacial score (nSPS) is 12.1.